The zero-order valence-electron chi connectivity index (χ0n) is 12.1. The predicted molar refractivity (Wildman–Crippen MR) is 82.3 cm³/mol. The van der Waals surface area contributed by atoms with Crippen molar-refractivity contribution in [3.63, 3.8) is 0 Å². The number of fused-ring (bicyclic) bond motifs is 1. The minimum Gasteiger partial charge on any atom is -0.508 e. The molecule has 0 saturated carbocycles. The van der Waals surface area contributed by atoms with Gasteiger partial charge in [-0.05, 0) is 24.3 Å². The lowest BCUT2D eigenvalue weighted by atomic mass is 10.1. The second-order valence-electron chi connectivity index (χ2n) is 4.70. The molecular weight excluding hydrogens is 302 g/mol. The van der Waals surface area contributed by atoms with E-state index in [-0.39, 0.29) is 11.4 Å². The molecule has 0 fully saturated rings. The summed E-state index contributed by atoms with van der Waals surface area (Å²) in [5.74, 6) is 1.01. The van der Waals surface area contributed by atoms with Crippen LogP contribution in [0, 0.1) is 10.1 Å². The van der Waals surface area contributed by atoms with Crippen molar-refractivity contribution in [2.24, 2.45) is 0 Å². The number of hydrogen-bond acceptors (Lipinski definition) is 7. The van der Waals surface area contributed by atoms with Crippen LogP contribution in [0.25, 0.3) is 5.76 Å². The number of benzene rings is 2. The van der Waals surface area contributed by atoms with Crippen molar-refractivity contribution in [1.82, 2.24) is 5.17 Å². The Morgan fingerprint density at radius 2 is 1.96 bits per heavy atom. The van der Waals surface area contributed by atoms with Crippen LogP contribution in [0.5, 0.6) is 11.5 Å². The summed E-state index contributed by atoms with van der Waals surface area (Å²) >= 11 is 0. The Bertz CT molecular complexity index is 773. The normalized spacial score (nSPS) is 12.9. The van der Waals surface area contributed by atoms with E-state index in [2.05, 4.69) is 5.43 Å². The number of nitrogens with zero attached hydrogens (tertiary/aromatic N) is 2. The molecule has 2 N–H and O–H groups in total. The first kappa shape index (κ1) is 14.7. The van der Waals surface area contributed by atoms with Crippen LogP contribution in [-0.4, -0.2) is 22.3 Å². The second kappa shape index (κ2) is 5.85. The Balaban J connectivity index is 1.91. The van der Waals surface area contributed by atoms with E-state index in [0.29, 0.717) is 17.2 Å². The quantitative estimate of drug-likeness (QED) is 0.661. The molecule has 1 aliphatic heterocycles. The molecule has 0 bridgehead atoms. The Morgan fingerprint density at radius 3 is 2.61 bits per heavy atom. The van der Waals surface area contributed by atoms with Gasteiger partial charge in [0.15, 0.2) is 5.76 Å². The maximum atomic E-state index is 10.7. The minimum atomic E-state index is -0.474. The topological polar surface area (TPSA) is 97.1 Å². The maximum absolute atomic E-state index is 10.7. The summed E-state index contributed by atoms with van der Waals surface area (Å²) in [6, 6.07) is 10.5. The number of anilines is 1. The molecule has 0 unspecified atom stereocenters. The van der Waals surface area contributed by atoms with E-state index in [1.165, 1.54) is 48.7 Å². The van der Waals surface area contributed by atoms with Gasteiger partial charge in [0, 0.05) is 23.8 Å². The third-order valence-corrected chi connectivity index (χ3v) is 3.21. The van der Waals surface area contributed by atoms with E-state index in [1.807, 2.05) is 0 Å². The van der Waals surface area contributed by atoms with Gasteiger partial charge in [-0.2, -0.15) is 5.17 Å². The van der Waals surface area contributed by atoms with Crippen LogP contribution in [-0.2, 0) is 4.84 Å². The molecule has 0 amide bonds. The van der Waals surface area contributed by atoms with Gasteiger partial charge >= 0.3 is 0 Å². The molecule has 0 atom stereocenters. The summed E-state index contributed by atoms with van der Waals surface area (Å²) in [5.41, 5.74) is 4.24. The summed E-state index contributed by atoms with van der Waals surface area (Å²) in [5, 5.41) is 21.6. The van der Waals surface area contributed by atoms with E-state index < -0.39 is 4.92 Å². The van der Waals surface area contributed by atoms with Gasteiger partial charge in [-0.3, -0.25) is 20.4 Å². The van der Waals surface area contributed by atoms with Crippen LogP contribution in [0.15, 0.2) is 48.7 Å². The third-order valence-electron chi connectivity index (χ3n) is 3.21. The molecule has 2 aromatic rings. The van der Waals surface area contributed by atoms with E-state index in [9.17, 15) is 15.2 Å². The average molecular weight is 315 g/mol. The summed E-state index contributed by atoms with van der Waals surface area (Å²) in [4.78, 5) is 15.3. The fourth-order valence-electron chi connectivity index (χ4n) is 2.11. The fraction of sp³-hybridized carbons (Fsp3) is 0.0667. The van der Waals surface area contributed by atoms with E-state index in [0.717, 1.165) is 5.56 Å². The first-order valence-electron chi connectivity index (χ1n) is 6.64. The van der Waals surface area contributed by atoms with Crippen molar-refractivity contribution in [2.75, 3.05) is 12.5 Å². The number of non-ortho nitro benzene ring substituents is 1. The lowest BCUT2D eigenvalue weighted by Gasteiger charge is -2.27. The van der Waals surface area contributed by atoms with Gasteiger partial charge in [-0.15, -0.1) is 0 Å². The number of nitrogens with one attached hydrogen (secondary N) is 1. The number of rotatable bonds is 4. The number of hydrogen-bond donors (Lipinski definition) is 2. The lowest BCUT2D eigenvalue weighted by molar-refractivity contribution is -0.384. The van der Waals surface area contributed by atoms with Crippen molar-refractivity contribution in [3.05, 3.63) is 64.3 Å². The van der Waals surface area contributed by atoms with Gasteiger partial charge in [0.2, 0.25) is 0 Å². The number of nitro benzene ring substituents is 1. The average Bonchev–Trinajstić information content (AvgIpc) is 2.54. The molecule has 1 aliphatic rings. The Kier molecular flexibility index (Phi) is 3.73. The number of ether oxygens (including phenoxy) is 1. The standard InChI is InChI=1S/C15H13N3O5/c1-22-17-9-15(13-7-4-11(19)8-14(13)16-17)23-12-5-2-10(3-6-12)18(20)21/h2-9,16,19H,1H3. The van der Waals surface area contributed by atoms with Gasteiger partial charge < -0.3 is 9.84 Å². The van der Waals surface area contributed by atoms with Crippen molar-refractivity contribution < 1.29 is 19.6 Å². The molecule has 0 radical (unpaired) electrons. The number of hydrazine groups is 1. The molecule has 0 saturated heterocycles. The van der Waals surface area contributed by atoms with E-state index in [1.54, 1.807) is 12.3 Å². The van der Waals surface area contributed by atoms with Gasteiger partial charge in [0.05, 0.1) is 23.9 Å². The molecule has 23 heavy (non-hydrogen) atoms. The lowest BCUT2D eigenvalue weighted by Crippen LogP contribution is -2.28. The zero-order chi connectivity index (χ0) is 16.4. The monoisotopic (exact) mass is 315 g/mol. The van der Waals surface area contributed by atoms with Gasteiger partial charge in [0.1, 0.15) is 11.5 Å². The highest BCUT2D eigenvalue weighted by atomic mass is 16.7. The van der Waals surface area contributed by atoms with Crippen LogP contribution in [0.1, 0.15) is 5.56 Å². The SMILES string of the molecule is CON1C=C(Oc2ccc([N+](=O)[O-])cc2)c2ccc(O)cc2N1. The molecular formula is C15H13N3O5. The van der Waals surface area contributed by atoms with Crippen LogP contribution in [0.2, 0.25) is 0 Å². The highest BCUT2D eigenvalue weighted by Crippen LogP contribution is 2.33. The Morgan fingerprint density at radius 1 is 1.22 bits per heavy atom. The summed E-state index contributed by atoms with van der Waals surface area (Å²) < 4.78 is 5.78. The van der Waals surface area contributed by atoms with Crippen molar-refractivity contribution in [1.29, 1.82) is 0 Å². The maximum Gasteiger partial charge on any atom is 0.269 e. The number of phenolic OH excluding ortho intramolecular Hbond substituents is 1. The molecule has 118 valence electrons. The number of hydroxylamine groups is 1. The van der Waals surface area contributed by atoms with Crippen molar-refractivity contribution in [2.45, 2.75) is 0 Å². The smallest absolute Gasteiger partial charge is 0.269 e. The summed E-state index contributed by atoms with van der Waals surface area (Å²) in [7, 11) is 1.47. The molecule has 8 nitrogen and oxygen atoms in total. The molecule has 0 spiro atoms. The molecule has 3 rings (SSSR count). The molecule has 1 heterocycles. The fourth-order valence-corrected chi connectivity index (χ4v) is 2.11. The highest BCUT2D eigenvalue weighted by molar-refractivity contribution is 5.76. The first-order valence-corrected chi connectivity index (χ1v) is 6.64. The highest BCUT2D eigenvalue weighted by Gasteiger charge is 2.19. The molecule has 0 aromatic heterocycles. The molecule has 0 aliphatic carbocycles. The predicted octanol–water partition coefficient (Wildman–Crippen LogP) is 2.88. The van der Waals surface area contributed by atoms with Gasteiger partial charge in [-0.1, -0.05) is 0 Å². The second-order valence-corrected chi connectivity index (χ2v) is 4.70. The van der Waals surface area contributed by atoms with Crippen LogP contribution in [0.3, 0.4) is 0 Å². The van der Waals surface area contributed by atoms with E-state index in [4.69, 9.17) is 9.57 Å². The number of phenols is 1. The minimum absolute atomic E-state index is 0.0134. The van der Waals surface area contributed by atoms with Crippen LogP contribution in [0.4, 0.5) is 11.4 Å². The van der Waals surface area contributed by atoms with E-state index >= 15 is 0 Å². The van der Waals surface area contributed by atoms with Gasteiger partial charge in [0.25, 0.3) is 5.69 Å². The zero-order valence-corrected chi connectivity index (χ0v) is 12.1. The van der Waals surface area contributed by atoms with Gasteiger partial charge in [-0.25, -0.2) is 0 Å². The van der Waals surface area contributed by atoms with Crippen LogP contribution >= 0.6 is 0 Å². The summed E-state index contributed by atoms with van der Waals surface area (Å²) in [6.07, 6.45) is 1.58. The molecule has 8 heteroatoms. The van der Waals surface area contributed by atoms with Crippen LogP contribution < -0.4 is 10.2 Å². The number of nitro groups is 1. The van der Waals surface area contributed by atoms with Crippen molar-refractivity contribution in [3.8, 4) is 11.5 Å². The molecule has 2 aromatic carbocycles. The summed E-state index contributed by atoms with van der Waals surface area (Å²) in [6.45, 7) is 0. The Hall–Kier alpha value is -3.26. The van der Waals surface area contributed by atoms with Crippen molar-refractivity contribution >= 4 is 17.1 Å². The third kappa shape index (κ3) is 3.01. The number of aromatic hydroxyl groups is 1. The first-order chi connectivity index (χ1) is 11.1. The Labute approximate surface area is 131 Å². The largest absolute Gasteiger partial charge is 0.508 e.